The molecule has 1 atom stereocenters. The van der Waals surface area contributed by atoms with Crippen molar-refractivity contribution in [3.05, 3.63) is 88.2 Å². The van der Waals surface area contributed by atoms with Crippen LogP contribution in [0, 0.1) is 0 Å². The molecule has 8 heteroatoms. The molecule has 1 saturated heterocycles. The first-order chi connectivity index (χ1) is 15.5. The number of Topliss-reactive ketones (excluding diaryl/α,β-unsaturated/α-hetero) is 1. The quantitative estimate of drug-likeness (QED) is 0.319. The number of methoxy groups -OCH3 is 2. The minimum absolute atomic E-state index is 0.0374. The summed E-state index contributed by atoms with van der Waals surface area (Å²) in [5.41, 5.74) is 1.39. The number of benzene rings is 2. The highest BCUT2D eigenvalue weighted by molar-refractivity contribution is 9.10. The van der Waals surface area contributed by atoms with Crippen LogP contribution in [0.15, 0.2) is 77.0 Å². The number of nitrogens with zero attached hydrogens (tertiary/aromatic N) is 2. The second-order valence-electron chi connectivity index (χ2n) is 7.00. The number of aliphatic hydroxyl groups excluding tert-OH is 1. The molecule has 0 radical (unpaired) electrons. The molecule has 2 heterocycles. The van der Waals surface area contributed by atoms with Crippen molar-refractivity contribution in [3.8, 4) is 11.5 Å². The average molecular weight is 495 g/mol. The summed E-state index contributed by atoms with van der Waals surface area (Å²) >= 11 is 3.41. The first-order valence-corrected chi connectivity index (χ1v) is 10.4. The lowest BCUT2D eigenvalue weighted by Crippen LogP contribution is -2.29. The monoisotopic (exact) mass is 494 g/mol. The van der Waals surface area contributed by atoms with E-state index in [2.05, 4.69) is 20.9 Å². The Morgan fingerprint density at radius 2 is 1.78 bits per heavy atom. The molecule has 0 spiro atoms. The molecule has 32 heavy (non-hydrogen) atoms. The van der Waals surface area contributed by atoms with Crippen molar-refractivity contribution < 1.29 is 24.2 Å². The van der Waals surface area contributed by atoms with E-state index in [0.29, 0.717) is 22.7 Å². The van der Waals surface area contributed by atoms with Gasteiger partial charge in [0.25, 0.3) is 11.7 Å². The molecule has 1 N–H and O–H groups in total. The van der Waals surface area contributed by atoms with Gasteiger partial charge in [0.05, 0.1) is 31.4 Å². The Labute approximate surface area is 193 Å². The number of aromatic nitrogens is 1. The first-order valence-electron chi connectivity index (χ1n) is 9.65. The van der Waals surface area contributed by atoms with Gasteiger partial charge in [-0.25, -0.2) is 0 Å². The Bertz CT molecular complexity index is 1230. The van der Waals surface area contributed by atoms with Crippen LogP contribution in [0.1, 0.15) is 17.2 Å². The summed E-state index contributed by atoms with van der Waals surface area (Å²) < 4.78 is 11.4. The topological polar surface area (TPSA) is 89.0 Å². The molecule has 1 amide bonds. The first kappa shape index (κ1) is 21.6. The summed E-state index contributed by atoms with van der Waals surface area (Å²) in [4.78, 5) is 31.8. The number of ketones is 1. The molecule has 1 aromatic heterocycles. The fraction of sp³-hybridized carbons (Fsp3) is 0.125. The summed E-state index contributed by atoms with van der Waals surface area (Å²) in [7, 11) is 2.97. The predicted octanol–water partition coefficient (Wildman–Crippen LogP) is 4.49. The van der Waals surface area contributed by atoms with Gasteiger partial charge in [0, 0.05) is 28.6 Å². The molecule has 0 aliphatic carbocycles. The van der Waals surface area contributed by atoms with Gasteiger partial charge in [0.15, 0.2) is 0 Å². The lowest BCUT2D eigenvalue weighted by molar-refractivity contribution is -0.132. The summed E-state index contributed by atoms with van der Waals surface area (Å²) in [6.45, 7) is 0. The number of anilines is 1. The van der Waals surface area contributed by atoms with Crippen LogP contribution in [0.4, 0.5) is 5.69 Å². The minimum Gasteiger partial charge on any atom is -0.507 e. The van der Waals surface area contributed by atoms with Gasteiger partial charge < -0.3 is 14.6 Å². The van der Waals surface area contributed by atoms with Crippen molar-refractivity contribution in [2.24, 2.45) is 0 Å². The number of hydrogen-bond donors (Lipinski definition) is 1. The molecule has 7 nitrogen and oxygen atoms in total. The maximum absolute atomic E-state index is 13.2. The van der Waals surface area contributed by atoms with E-state index in [-0.39, 0.29) is 16.9 Å². The number of carbonyl (C=O) groups excluding carboxylic acids is 2. The number of hydrogen-bond acceptors (Lipinski definition) is 6. The number of rotatable bonds is 5. The van der Waals surface area contributed by atoms with Gasteiger partial charge in [-0.2, -0.15) is 0 Å². The fourth-order valence-electron chi connectivity index (χ4n) is 3.73. The van der Waals surface area contributed by atoms with Gasteiger partial charge in [-0.05, 0) is 48.0 Å². The number of ether oxygens (including phenoxy) is 2. The van der Waals surface area contributed by atoms with Gasteiger partial charge in [-0.3, -0.25) is 19.5 Å². The van der Waals surface area contributed by atoms with E-state index in [1.54, 1.807) is 60.9 Å². The van der Waals surface area contributed by atoms with Crippen LogP contribution in [0.25, 0.3) is 5.76 Å². The molecule has 4 rings (SSSR count). The van der Waals surface area contributed by atoms with Crippen LogP contribution in [-0.4, -0.2) is 36.0 Å². The smallest absolute Gasteiger partial charge is 0.300 e. The highest BCUT2D eigenvalue weighted by Crippen LogP contribution is 2.43. The second kappa shape index (κ2) is 8.84. The van der Waals surface area contributed by atoms with E-state index < -0.39 is 17.7 Å². The lowest BCUT2D eigenvalue weighted by Gasteiger charge is -2.25. The van der Waals surface area contributed by atoms with Crippen LogP contribution in [0.3, 0.4) is 0 Å². The van der Waals surface area contributed by atoms with Gasteiger partial charge in [-0.1, -0.05) is 22.0 Å². The Hall–Kier alpha value is -3.65. The summed E-state index contributed by atoms with van der Waals surface area (Å²) in [6, 6.07) is 14.5. The van der Waals surface area contributed by atoms with Gasteiger partial charge in [0.1, 0.15) is 17.3 Å². The third-order valence-electron chi connectivity index (χ3n) is 5.22. The molecule has 0 saturated carbocycles. The zero-order chi connectivity index (χ0) is 22.8. The Morgan fingerprint density at radius 1 is 1.03 bits per heavy atom. The zero-order valence-electron chi connectivity index (χ0n) is 17.3. The van der Waals surface area contributed by atoms with Crippen molar-refractivity contribution in [3.63, 3.8) is 0 Å². The normalized spacial score (nSPS) is 17.5. The van der Waals surface area contributed by atoms with E-state index in [4.69, 9.17) is 9.47 Å². The molecule has 0 bridgehead atoms. The molecule has 3 aromatic rings. The van der Waals surface area contributed by atoms with E-state index in [0.717, 1.165) is 4.47 Å². The Morgan fingerprint density at radius 3 is 2.44 bits per heavy atom. The fourth-order valence-corrected chi connectivity index (χ4v) is 4.11. The third kappa shape index (κ3) is 3.73. The zero-order valence-corrected chi connectivity index (χ0v) is 18.9. The number of amides is 1. The van der Waals surface area contributed by atoms with E-state index in [1.807, 2.05) is 6.07 Å². The molecule has 2 aromatic carbocycles. The Kier molecular flexibility index (Phi) is 5.96. The Balaban J connectivity index is 1.96. The number of aliphatic hydroxyl groups is 1. The molecule has 1 unspecified atom stereocenters. The lowest BCUT2D eigenvalue weighted by atomic mass is 9.95. The maximum Gasteiger partial charge on any atom is 0.300 e. The highest BCUT2D eigenvalue weighted by atomic mass is 79.9. The maximum atomic E-state index is 13.2. The molecule has 1 aliphatic rings. The SMILES string of the molecule is COc1ccc(/C(O)=C2/C(=O)C(=O)N(c3cccc(Br)c3)C2c2ccncc2)c(OC)c1. The van der Waals surface area contributed by atoms with Crippen molar-refractivity contribution in [1.82, 2.24) is 4.98 Å². The molecular formula is C24H19BrN2O5. The number of pyridine rings is 1. The average Bonchev–Trinajstić information content (AvgIpc) is 3.09. The van der Waals surface area contributed by atoms with Crippen molar-refractivity contribution in [2.45, 2.75) is 6.04 Å². The number of carbonyl (C=O) groups is 2. The molecule has 1 aliphatic heterocycles. The van der Waals surface area contributed by atoms with Gasteiger partial charge in [0.2, 0.25) is 0 Å². The standard InChI is InChI=1S/C24H19BrN2O5/c1-31-17-6-7-18(19(13-17)32-2)22(28)20-21(14-8-10-26-11-9-14)27(24(30)23(20)29)16-5-3-4-15(25)12-16/h3-13,21,28H,1-2H3/b22-20-. The summed E-state index contributed by atoms with van der Waals surface area (Å²) in [6.07, 6.45) is 3.15. The molecular weight excluding hydrogens is 476 g/mol. The second-order valence-corrected chi connectivity index (χ2v) is 7.91. The molecule has 1 fully saturated rings. The predicted molar refractivity (Wildman–Crippen MR) is 123 cm³/mol. The van der Waals surface area contributed by atoms with Crippen LogP contribution in [0.5, 0.6) is 11.5 Å². The van der Waals surface area contributed by atoms with Crippen LogP contribution < -0.4 is 14.4 Å². The van der Waals surface area contributed by atoms with Crippen LogP contribution in [-0.2, 0) is 9.59 Å². The van der Waals surface area contributed by atoms with Crippen molar-refractivity contribution in [1.29, 1.82) is 0 Å². The summed E-state index contributed by atoms with van der Waals surface area (Å²) in [5.74, 6) is -1.02. The number of halogens is 1. The van der Waals surface area contributed by atoms with Gasteiger partial charge in [-0.15, -0.1) is 0 Å². The van der Waals surface area contributed by atoms with Crippen molar-refractivity contribution >= 4 is 39.1 Å². The van der Waals surface area contributed by atoms with E-state index in [9.17, 15) is 14.7 Å². The van der Waals surface area contributed by atoms with Crippen LogP contribution in [0.2, 0.25) is 0 Å². The molecule has 162 valence electrons. The highest BCUT2D eigenvalue weighted by Gasteiger charge is 2.47. The van der Waals surface area contributed by atoms with Gasteiger partial charge >= 0.3 is 0 Å². The summed E-state index contributed by atoms with van der Waals surface area (Å²) in [5, 5.41) is 11.3. The third-order valence-corrected chi connectivity index (χ3v) is 5.71. The van der Waals surface area contributed by atoms with Crippen molar-refractivity contribution in [2.75, 3.05) is 19.1 Å². The minimum atomic E-state index is -0.848. The van der Waals surface area contributed by atoms with E-state index >= 15 is 0 Å². The van der Waals surface area contributed by atoms with Crippen LogP contribution >= 0.6 is 15.9 Å². The van der Waals surface area contributed by atoms with E-state index in [1.165, 1.54) is 19.1 Å². The largest absolute Gasteiger partial charge is 0.507 e.